The summed E-state index contributed by atoms with van der Waals surface area (Å²) in [6, 6.07) is 16.3. The molecule has 5 heteroatoms. The monoisotopic (exact) mass is 496 g/mol. The lowest BCUT2D eigenvalue weighted by Crippen LogP contribution is -2.40. The van der Waals surface area contributed by atoms with Crippen LogP contribution in [0.25, 0.3) is 22.6 Å². The number of amides is 1. The zero-order chi connectivity index (χ0) is 26.2. The number of hydrogen-bond donors (Lipinski definition) is 0. The van der Waals surface area contributed by atoms with E-state index in [0.29, 0.717) is 11.5 Å². The molecule has 1 aliphatic heterocycles. The molecule has 5 nitrogen and oxygen atoms in total. The Morgan fingerprint density at radius 3 is 2.43 bits per heavy atom. The average Bonchev–Trinajstić information content (AvgIpc) is 3.27. The molecule has 37 heavy (non-hydrogen) atoms. The van der Waals surface area contributed by atoms with Gasteiger partial charge in [-0.15, -0.1) is 0 Å². The number of pyridine rings is 1. The Bertz CT molecular complexity index is 1360. The van der Waals surface area contributed by atoms with Gasteiger partial charge in [0.2, 0.25) is 0 Å². The zero-order valence-electron chi connectivity index (χ0n) is 22.3. The fourth-order valence-corrected chi connectivity index (χ4v) is 5.34. The number of aromatic nitrogens is 1. The van der Waals surface area contributed by atoms with Gasteiger partial charge in [-0.05, 0) is 71.4 Å². The van der Waals surface area contributed by atoms with Crippen molar-refractivity contribution >= 4 is 34.4 Å². The van der Waals surface area contributed by atoms with E-state index in [9.17, 15) is 9.59 Å². The van der Waals surface area contributed by atoms with E-state index in [-0.39, 0.29) is 17.9 Å². The SMILES string of the molecule is CC1CCN(C(=O)COC(=O)c2c3c(nc4ccccc24)C(=Cc2ccc(C(C)(C)C)cc2)CC3)CC1. The first-order chi connectivity index (χ1) is 17.7. The molecule has 192 valence electrons. The van der Waals surface area contributed by atoms with Crippen LogP contribution in [0.5, 0.6) is 0 Å². The van der Waals surface area contributed by atoms with Crippen LogP contribution in [0.15, 0.2) is 48.5 Å². The number of carbonyl (C=O) groups is 2. The highest BCUT2D eigenvalue weighted by Gasteiger charge is 2.29. The second-order valence-electron chi connectivity index (χ2n) is 11.5. The van der Waals surface area contributed by atoms with Gasteiger partial charge < -0.3 is 9.64 Å². The molecular weight excluding hydrogens is 460 g/mol. The number of hydrogen-bond acceptors (Lipinski definition) is 4. The summed E-state index contributed by atoms with van der Waals surface area (Å²) in [6.07, 6.45) is 5.70. The summed E-state index contributed by atoms with van der Waals surface area (Å²) < 4.78 is 5.62. The van der Waals surface area contributed by atoms with Crippen LogP contribution in [0.2, 0.25) is 0 Å². The third-order valence-electron chi connectivity index (χ3n) is 7.73. The summed E-state index contributed by atoms with van der Waals surface area (Å²) in [4.78, 5) is 32.9. The highest BCUT2D eigenvalue weighted by Crippen LogP contribution is 2.38. The van der Waals surface area contributed by atoms with Crippen LogP contribution >= 0.6 is 0 Å². The predicted molar refractivity (Wildman–Crippen MR) is 148 cm³/mol. The number of allylic oxidation sites excluding steroid dienone is 1. The van der Waals surface area contributed by atoms with E-state index < -0.39 is 5.97 Å². The van der Waals surface area contributed by atoms with Crippen molar-refractivity contribution in [1.82, 2.24) is 9.88 Å². The number of para-hydroxylation sites is 1. The summed E-state index contributed by atoms with van der Waals surface area (Å²) in [5.74, 6) is 0.0787. The van der Waals surface area contributed by atoms with Crippen molar-refractivity contribution in [1.29, 1.82) is 0 Å². The number of nitrogens with zero attached hydrogens (tertiary/aromatic N) is 2. The third-order valence-corrected chi connectivity index (χ3v) is 7.73. The van der Waals surface area contributed by atoms with Crippen LogP contribution in [-0.4, -0.2) is 41.5 Å². The quantitative estimate of drug-likeness (QED) is 0.390. The molecule has 0 unspecified atom stereocenters. The summed E-state index contributed by atoms with van der Waals surface area (Å²) in [5.41, 5.74) is 6.74. The molecule has 2 aliphatic rings. The molecule has 2 heterocycles. The summed E-state index contributed by atoms with van der Waals surface area (Å²) in [5, 5.41) is 0.779. The van der Waals surface area contributed by atoms with Crippen LogP contribution < -0.4 is 0 Å². The number of rotatable bonds is 4. The van der Waals surface area contributed by atoms with Crippen LogP contribution in [0, 0.1) is 5.92 Å². The Labute approximate surface area is 219 Å². The molecule has 2 aromatic carbocycles. The molecule has 0 spiro atoms. The molecule has 0 atom stereocenters. The lowest BCUT2D eigenvalue weighted by atomic mass is 9.86. The van der Waals surface area contributed by atoms with Gasteiger partial charge in [0.1, 0.15) is 0 Å². The highest BCUT2D eigenvalue weighted by molar-refractivity contribution is 6.07. The number of likely N-dealkylation sites (tertiary alicyclic amines) is 1. The molecule has 1 saturated heterocycles. The van der Waals surface area contributed by atoms with Gasteiger partial charge in [-0.3, -0.25) is 4.79 Å². The minimum Gasteiger partial charge on any atom is -0.452 e. The number of ether oxygens (including phenoxy) is 1. The second kappa shape index (κ2) is 10.1. The van der Waals surface area contributed by atoms with Gasteiger partial charge in [-0.25, -0.2) is 9.78 Å². The number of fused-ring (bicyclic) bond motifs is 2. The van der Waals surface area contributed by atoms with E-state index in [4.69, 9.17) is 9.72 Å². The van der Waals surface area contributed by atoms with Crippen LogP contribution in [0.3, 0.4) is 0 Å². The third kappa shape index (κ3) is 5.31. The summed E-state index contributed by atoms with van der Waals surface area (Å²) >= 11 is 0. The maximum absolute atomic E-state index is 13.4. The molecule has 1 amide bonds. The first kappa shape index (κ1) is 25.2. The van der Waals surface area contributed by atoms with Crippen molar-refractivity contribution in [2.75, 3.05) is 19.7 Å². The van der Waals surface area contributed by atoms with Crippen LogP contribution in [0.4, 0.5) is 0 Å². The van der Waals surface area contributed by atoms with E-state index in [0.717, 1.165) is 72.1 Å². The van der Waals surface area contributed by atoms with Crippen molar-refractivity contribution < 1.29 is 14.3 Å². The van der Waals surface area contributed by atoms with Gasteiger partial charge >= 0.3 is 5.97 Å². The number of carbonyl (C=O) groups excluding carboxylic acids is 2. The highest BCUT2D eigenvalue weighted by atomic mass is 16.5. The molecule has 0 bridgehead atoms. The van der Waals surface area contributed by atoms with E-state index in [1.54, 1.807) is 0 Å². The van der Waals surface area contributed by atoms with Gasteiger partial charge in [-0.1, -0.05) is 70.2 Å². The van der Waals surface area contributed by atoms with E-state index >= 15 is 0 Å². The normalized spacial score (nSPS) is 17.3. The van der Waals surface area contributed by atoms with Crippen LogP contribution in [-0.2, 0) is 21.4 Å². The lowest BCUT2D eigenvalue weighted by molar-refractivity contribution is -0.135. The Hall–Kier alpha value is -3.47. The first-order valence-electron chi connectivity index (χ1n) is 13.4. The molecule has 0 N–H and O–H groups in total. The fraction of sp³-hybridized carbons (Fsp3) is 0.406. The molecule has 5 rings (SSSR count). The van der Waals surface area contributed by atoms with E-state index in [2.05, 4.69) is 58.0 Å². The molecule has 1 fully saturated rings. The van der Waals surface area contributed by atoms with Crippen molar-refractivity contribution in [2.45, 2.75) is 58.8 Å². The van der Waals surface area contributed by atoms with E-state index in [1.165, 1.54) is 5.56 Å². The largest absolute Gasteiger partial charge is 0.452 e. The Kier molecular flexibility index (Phi) is 6.89. The van der Waals surface area contributed by atoms with E-state index in [1.807, 2.05) is 29.2 Å². The number of piperidine rings is 1. The standard InChI is InChI=1S/C32H36N2O3/c1-21-15-17-34(18-16-21)28(35)20-37-31(36)29-25-7-5-6-8-27(25)33-30-23(11-14-26(29)30)19-22-9-12-24(13-10-22)32(2,3)4/h5-10,12-13,19,21H,11,14-18,20H2,1-4H3. The lowest BCUT2D eigenvalue weighted by Gasteiger charge is -2.30. The average molecular weight is 497 g/mol. The zero-order valence-corrected chi connectivity index (χ0v) is 22.3. The Morgan fingerprint density at radius 1 is 1.03 bits per heavy atom. The van der Waals surface area contributed by atoms with Gasteiger partial charge in [-0.2, -0.15) is 0 Å². The number of benzene rings is 2. The van der Waals surface area contributed by atoms with Gasteiger partial charge in [0, 0.05) is 18.5 Å². The maximum atomic E-state index is 13.4. The smallest absolute Gasteiger partial charge is 0.339 e. The van der Waals surface area contributed by atoms with Gasteiger partial charge in [0.15, 0.2) is 6.61 Å². The minimum absolute atomic E-state index is 0.106. The number of esters is 1. The topological polar surface area (TPSA) is 59.5 Å². The molecule has 3 aromatic rings. The molecule has 1 aromatic heterocycles. The van der Waals surface area contributed by atoms with Crippen molar-refractivity contribution in [3.05, 3.63) is 76.5 Å². The molecule has 0 radical (unpaired) electrons. The Balaban J connectivity index is 1.42. The molecule has 1 aliphatic carbocycles. The van der Waals surface area contributed by atoms with Crippen molar-refractivity contribution in [2.24, 2.45) is 5.92 Å². The minimum atomic E-state index is -0.440. The van der Waals surface area contributed by atoms with Gasteiger partial charge in [0.05, 0.1) is 16.8 Å². The summed E-state index contributed by atoms with van der Waals surface area (Å²) in [6.45, 7) is 10.1. The first-order valence-corrected chi connectivity index (χ1v) is 13.4. The molecular formula is C32H36N2O3. The van der Waals surface area contributed by atoms with Crippen molar-refractivity contribution in [3.63, 3.8) is 0 Å². The summed E-state index contributed by atoms with van der Waals surface area (Å²) in [7, 11) is 0. The molecule has 0 saturated carbocycles. The predicted octanol–water partition coefficient (Wildman–Crippen LogP) is 6.43. The second-order valence-corrected chi connectivity index (χ2v) is 11.5. The fourth-order valence-electron chi connectivity index (χ4n) is 5.34. The Morgan fingerprint density at radius 2 is 1.73 bits per heavy atom. The maximum Gasteiger partial charge on any atom is 0.339 e. The van der Waals surface area contributed by atoms with Crippen LogP contribution in [0.1, 0.15) is 79.7 Å². The van der Waals surface area contributed by atoms with Gasteiger partial charge in [0.25, 0.3) is 5.91 Å². The van der Waals surface area contributed by atoms with Crippen molar-refractivity contribution in [3.8, 4) is 0 Å².